The molecule has 0 rings (SSSR count). The summed E-state index contributed by atoms with van der Waals surface area (Å²) in [4.78, 5) is 0. The summed E-state index contributed by atoms with van der Waals surface area (Å²) in [6.45, 7) is 2.29. The fourth-order valence-corrected chi connectivity index (χ4v) is 3.17. The second kappa shape index (κ2) is 18.7. The fraction of sp³-hybridized carbons (Fsp3) is 1.00. The van der Waals surface area contributed by atoms with Gasteiger partial charge < -0.3 is 0 Å². The van der Waals surface area contributed by atoms with Gasteiger partial charge in [-0.2, -0.15) is 0 Å². The molecule has 0 unspecified atom stereocenters. The molecule has 120 valence electrons. The first-order chi connectivity index (χ1) is 9.41. The Morgan fingerprint density at radius 3 is 0.947 bits per heavy atom. The molecule has 0 spiro atoms. The van der Waals surface area contributed by atoms with Crippen molar-refractivity contribution in [2.45, 2.75) is 114 Å². The number of hydrogen-bond acceptors (Lipinski definition) is 0. The van der Waals surface area contributed by atoms with Crippen molar-refractivity contribution in [3.63, 3.8) is 0 Å². The van der Waals surface area contributed by atoms with Crippen molar-refractivity contribution in [3.8, 4) is 0 Å². The predicted molar refractivity (Wildman–Crippen MR) is 84.4 cm³/mol. The van der Waals surface area contributed by atoms with E-state index >= 15 is 0 Å². The zero-order valence-electron chi connectivity index (χ0n) is 13.3. The summed E-state index contributed by atoms with van der Waals surface area (Å²) in [6, 6.07) is 0. The topological polar surface area (TPSA) is 0 Å². The molecule has 0 aliphatic carbocycles. The fourth-order valence-electron chi connectivity index (χ4n) is 2.62. The summed E-state index contributed by atoms with van der Waals surface area (Å²) in [5, 5.41) is 0. The van der Waals surface area contributed by atoms with E-state index in [2.05, 4.69) is 28.0 Å². The van der Waals surface area contributed by atoms with E-state index < -0.39 is 0 Å². The summed E-state index contributed by atoms with van der Waals surface area (Å²) in [5.74, 6) is 0. The van der Waals surface area contributed by atoms with Crippen LogP contribution in [-0.2, 0) is 21.1 Å². The Morgan fingerprint density at radius 2 is 0.684 bits per heavy atom. The van der Waals surface area contributed by atoms with Gasteiger partial charge in [0.15, 0.2) is 0 Å². The molecule has 0 aliphatic rings. The van der Waals surface area contributed by atoms with Crippen LogP contribution in [-0.4, -0.2) is 0 Å². The first kappa shape index (κ1) is 19.7. The zero-order chi connectivity index (χ0) is 14.0. The Bertz CT molecular complexity index is 129. The third kappa shape index (κ3) is 18.7. The van der Waals surface area contributed by atoms with E-state index in [0.29, 0.717) is 0 Å². The first-order valence-electron chi connectivity index (χ1n) is 8.92. The van der Waals surface area contributed by atoms with E-state index in [0.717, 1.165) is 0 Å². The molecular weight excluding hydrogens is 413 g/mol. The summed E-state index contributed by atoms with van der Waals surface area (Å²) in [5.41, 5.74) is 0. The third-order valence-corrected chi connectivity index (χ3v) is 4.73. The number of unbranched alkanes of at least 4 members (excludes halogenated alkanes) is 15. The normalized spacial score (nSPS) is 11.1. The molecule has 0 saturated heterocycles. The van der Waals surface area contributed by atoms with E-state index in [4.69, 9.17) is 0 Å². The molecule has 0 bridgehead atoms. The van der Waals surface area contributed by atoms with E-state index in [-0.39, 0.29) is 0 Å². The van der Waals surface area contributed by atoms with Crippen molar-refractivity contribution >= 4 is 0 Å². The first-order valence-corrected chi connectivity index (χ1v) is 10.5. The number of hydrogen-bond donors (Lipinski definition) is 0. The van der Waals surface area contributed by atoms with E-state index in [1.54, 1.807) is 0 Å². The molecule has 0 aromatic rings. The van der Waals surface area contributed by atoms with Gasteiger partial charge in [-0.3, -0.25) is 0 Å². The van der Waals surface area contributed by atoms with Crippen molar-refractivity contribution in [1.29, 1.82) is 0 Å². The van der Waals surface area contributed by atoms with Crippen molar-refractivity contribution < 1.29 is 21.1 Å². The van der Waals surface area contributed by atoms with Gasteiger partial charge in [-0.25, -0.2) is 0 Å². The van der Waals surface area contributed by atoms with E-state index in [9.17, 15) is 0 Å². The van der Waals surface area contributed by atoms with Crippen LogP contribution in [0, 0.1) is 0 Å². The van der Waals surface area contributed by atoms with E-state index in [1.807, 2.05) is 0 Å². The molecule has 0 nitrogen and oxygen atoms in total. The molecule has 0 heterocycles. The van der Waals surface area contributed by atoms with Crippen molar-refractivity contribution in [3.05, 3.63) is 0 Å². The van der Waals surface area contributed by atoms with Gasteiger partial charge in [0, 0.05) is 0 Å². The molecule has 0 saturated carbocycles. The minimum atomic E-state index is 1.32. The van der Waals surface area contributed by atoms with Crippen LogP contribution in [0.1, 0.15) is 110 Å². The standard InChI is InChI=1S/C18H37.Au/c1-3-5-7-9-11-13-15-17-18-16-14-12-10-8-6-4-2;/h1,3-18H2,2H3;. The second-order valence-corrected chi connectivity index (χ2v) is 7.04. The minimum absolute atomic E-state index is 1.32. The SMILES string of the molecule is CCCCCCCCCCCCCCCCC[CH2][Au]. The molecular formula is C18H37Au. The van der Waals surface area contributed by atoms with Gasteiger partial charge in [0.2, 0.25) is 0 Å². The van der Waals surface area contributed by atoms with Crippen LogP contribution < -0.4 is 0 Å². The van der Waals surface area contributed by atoms with Crippen LogP contribution in [0.15, 0.2) is 0 Å². The molecule has 0 N–H and O–H groups in total. The van der Waals surface area contributed by atoms with Crippen LogP contribution in [0.2, 0.25) is 4.64 Å². The molecule has 0 fully saturated rings. The van der Waals surface area contributed by atoms with Gasteiger partial charge >= 0.3 is 96.3 Å². The van der Waals surface area contributed by atoms with Crippen LogP contribution in [0.3, 0.4) is 0 Å². The van der Waals surface area contributed by atoms with Gasteiger partial charge in [-0.1, -0.05) is 39.0 Å². The van der Waals surface area contributed by atoms with Crippen molar-refractivity contribution in [2.75, 3.05) is 0 Å². The molecule has 0 atom stereocenters. The molecule has 0 aromatic heterocycles. The maximum atomic E-state index is 2.65. The summed E-state index contributed by atoms with van der Waals surface area (Å²) >= 11 is 2.65. The quantitative estimate of drug-likeness (QED) is 0.172. The van der Waals surface area contributed by atoms with Gasteiger partial charge in [0.25, 0.3) is 0 Å². The Morgan fingerprint density at radius 1 is 0.421 bits per heavy atom. The molecule has 19 heavy (non-hydrogen) atoms. The Labute approximate surface area is 135 Å². The summed E-state index contributed by atoms with van der Waals surface area (Å²) in [7, 11) is 0. The van der Waals surface area contributed by atoms with Crippen LogP contribution >= 0.6 is 0 Å². The average Bonchev–Trinajstić information content (AvgIpc) is 2.43. The monoisotopic (exact) mass is 450 g/mol. The Kier molecular flexibility index (Phi) is 19.5. The molecule has 0 amide bonds. The molecule has 0 radical (unpaired) electrons. The van der Waals surface area contributed by atoms with Crippen LogP contribution in [0.4, 0.5) is 0 Å². The molecule has 1 heteroatoms. The van der Waals surface area contributed by atoms with Gasteiger partial charge in [0.05, 0.1) is 0 Å². The van der Waals surface area contributed by atoms with Crippen molar-refractivity contribution in [2.24, 2.45) is 0 Å². The van der Waals surface area contributed by atoms with Gasteiger partial charge in [0.1, 0.15) is 0 Å². The molecule has 0 aliphatic heterocycles. The summed E-state index contributed by atoms with van der Waals surface area (Å²) in [6.07, 6.45) is 23.5. The van der Waals surface area contributed by atoms with Gasteiger partial charge in [-0.15, -0.1) is 0 Å². The van der Waals surface area contributed by atoms with Crippen LogP contribution in [0.5, 0.6) is 0 Å². The second-order valence-electron chi connectivity index (χ2n) is 5.95. The Balaban J connectivity index is 2.88. The Hall–Kier alpha value is 0.740. The summed E-state index contributed by atoms with van der Waals surface area (Å²) < 4.78 is 1.32. The van der Waals surface area contributed by atoms with Gasteiger partial charge in [-0.05, 0) is 0 Å². The maximum absolute atomic E-state index is 2.65. The van der Waals surface area contributed by atoms with Crippen molar-refractivity contribution in [1.82, 2.24) is 0 Å². The predicted octanol–water partition coefficient (Wildman–Crippen LogP) is 7.21. The third-order valence-electron chi connectivity index (χ3n) is 3.96. The molecule has 0 aromatic carbocycles. The van der Waals surface area contributed by atoms with E-state index in [1.165, 1.54) is 107 Å². The van der Waals surface area contributed by atoms with Crippen LogP contribution in [0.25, 0.3) is 0 Å². The average molecular weight is 450 g/mol. The zero-order valence-corrected chi connectivity index (χ0v) is 15.5. The number of rotatable bonds is 16.